The second-order valence-electron chi connectivity index (χ2n) is 11.7. The topological polar surface area (TPSA) is 108 Å². The van der Waals surface area contributed by atoms with E-state index >= 15 is 0 Å². The van der Waals surface area contributed by atoms with Crippen molar-refractivity contribution in [2.75, 3.05) is 13.2 Å². The van der Waals surface area contributed by atoms with Crippen molar-refractivity contribution in [1.82, 2.24) is 0 Å². The predicted octanol–water partition coefficient (Wildman–Crippen LogP) is 6.50. The van der Waals surface area contributed by atoms with Crippen LogP contribution in [0.3, 0.4) is 0 Å². The lowest BCUT2D eigenvalue weighted by molar-refractivity contribution is -0.000273. The quantitative estimate of drug-likeness (QED) is 0.104. The van der Waals surface area contributed by atoms with Gasteiger partial charge in [-0.25, -0.2) is 0 Å². The largest absolute Gasteiger partial charge is 0.505 e. The zero-order valence-corrected chi connectivity index (χ0v) is 29.7. The van der Waals surface area contributed by atoms with Crippen molar-refractivity contribution in [2.45, 2.75) is 132 Å². The summed E-state index contributed by atoms with van der Waals surface area (Å²) in [7, 11) is -6.22. The highest BCUT2D eigenvalue weighted by molar-refractivity contribution is 6.61. The van der Waals surface area contributed by atoms with Crippen LogP contribution < -0.4 is 9.47 Å². The van der Waals surface area contributed by atoms with Crippen molar-refractivity contribution in [1.29, 1.82) is 0 Å². The molecular weight excluding hydrogens is 576 g/mol. The molecule has 0 unspecified atom stereocenters. The zero-order valence-electron chi connectivity index (χ0n) is 27.7. The SMILES string of the molecule is CC(C)O[Si](CCOc1cc(C=O)c(OCC[Si](OC(C)C)(OC(C)C)OC(C)C)cc1C=O)(OC(C)C)OC(C)C. The summed E-state index contributed by atoms with van der Waals surface area (Å²) in [6.07, 6.45) is 0.692. The monoisotopic (exact) mass is 630 g/mol. The summed E-state index contributed by atoms with van der Waals surface area (Å²) >= 11 is 0. The Kier molecular flexibility index (Phi) is 16.7. The number of carbonyl (C=O) groups is 2. The third kappa shape index (κ3) is 13.8. The first kappa shape index (κ1) is 38.4. The van der Waals surface area contributed by atoms with Crippen LogP contribution in [0.5, 0.6) is 11.5 Å². The van der Waals surface area contributed by atoms with Crippen molar-refractivity contribution in [3.63, 3.8) is 0 Å². The van der Waals surface area contributed by atoms with E-state index < -0.39 is 17.6 Å². The van der Waals surface area contributed by atoms with Crippen LogP contribution in [0, 0.1) is 0 Å². The summed E-state index contributed by atoms with van der Waals surface area (Å²) < 4.78 is 49.2. The van der Waals surface area contributed by atoms with Crippen molar-refractivity contribution < 1.29 is 45.6 Å². The standard InChI is InChI=1S/C30H54O10Si2/c1-21(2)35-41(36-22(3)4,37-23(5)6)15-13-33-29-17-28(20-32)30(18-27(29)19-31)34-14-16-42(38-24(7)8,39-25(9)10)40-26(11)12/h17-26H,13-16H2,1-12H3. The molecule has 0 fully saturated rings. The molecular formula is C30H54O10Si2. The van der Waals surface area contributed by atoms with E-state index in [0.29, 0.717) is 24.7 Å². The van der Waals surface area contributed by atoms with Gasteiger partial charge >= 0.3 is 17.6 Å². The third-order valence-corrected chi connectivity index (χ3v) is 11.8. The van der Waals surface area contributed by atoms with Crippen molar-refractivity contribution in [3.8, 4) is 11.5 Å². The van der Waals surface area contributed by atoms with Gasteiger partial charge in [0.2, 0.25) is 0 Å². The van der Waals surface area contributed by atoms with E-state index in [1.807, 2.05) is 83.1 Å². The summed E-state index contributed by atoms with van der Waals surface area (Å²) in [4.78, 5) is 24.1. The summed E-state index contributed by atoms with van der Waals surface area (Å²) in [6, 6.07) is 3.75. The molecule has 0 aliphatic rings. The first-order chi connectivity index (χ1) is 19.6. The van der Waals surface area contributed by atoms with Gasteiger partial charge in [-0.2, -0.15) is 0 Å². The molecule has 1 aromatic carbocycles. The van der Waals surface area contributed by atoms with Crippen molar-refractivity contribution in [2.24, 2.45) is 0 Å². The van der Waals surface area contributed by atoms with Gasteiger partial charge in [-0.3, -0.25) is 9.59 Å². The van der Waals surface area contributed by atoms with Crippen LogP contribution in [0.15, 0.2) is 12.1 Å². The van der Waals surface area contributed by atoms with Gasteiger partial charge in [-0.1, -0.05) is 0 Å². The number of hydrogen-bond donors (Lipinski definition) is 0. The smallest absolute Gasteiger partial charge is 0.493 e. The fraction of sp³-hybridized carbons (Fsp3) is 0.733. The third-order valence-electron chi connectivity index (χ3n) is 5.22. The minimum atomic E-state index is -3.11. The maximum absolute atomic E-state index is 12.0. The molecule has 242 valence electrons. The van der Waals surface area contributed by atoms with Gasteiger partial charge in [0.15, 0.2) is 12.6 Å². The van der Waals surface area contributed by atoms with Crippen LogP contribution in [0.2, 0.25) is 12.1 Å². The Morgan fingerprint density at radius 1 is 0.500 bits per heavy atom. The van der Waals surface area contributed by atoms with Gasteiger partial charge in [-0.05, 0) is 95.2 Å². The van der Waals surface area contributed by atoms with Gasteiger partial charge in [0.25, 0.3) is 0 Å². The Morgan fingerprint density at radius 3 is 0.929 bits per heavy atom. The van der Waals surface area contributed by atoms with Crippen LogP contribution in [-0.2, 0) is 26.6 Å². The molecule has 0 spiro atoms. The molecule has 12 heteroatoms. The van der Waals surface area contributed by atoms with E-state index in [1.54, 1.807) is 0 Å². The van der Waals surface area contributed by atoms with Crippen LogP contribution in [-0.4, -0.2) is 80.0 Å². The van der Waals surface area contributed by atoms with Gasteiger partial charge in [0.1, 0.15) is 11.5 Å². The lowest BCUT2D eigenvalue weighted by Crippen LogP contribution is -2.51. The molecule has 0 N–H and O–H groups in total. The molecule has 0 bridgehead atoms. The van der Waals surface area contributed by atoms with Gasteiger partial charge < -0.3 is 36.0 Å². The summed E-state index contributed by atoms with van der Waals surface area (Å²) in [5.74, 6) is 0.526. The number of rotatable bonds is 22. The summed E-state index contributed by atoms with van der Waals surface area (Å²) in [5.41, 5.74) is 0.502. The minimum Gasteiger partial charge on any atom is -0.493 e. The average molecular weight is 631 g/mol. The highest BCUT2D eigenvalue weighted by atomic mass is 28.4. The molecule has 0 aliphatic carbocycles. The number of benzene rings is 1. The maximum Gasteiger partial charge on any atom is 0.505 e. The Hall–Kier alpha value is -1.65. The highest BCUT2D eigenvalue weighted by Gasteiger charge is 2.45. The molecule has 1 aromatic rings. The van der Waals surface area contributed by atoms with E-state index in [9.17, 15) is 9.59 Å². The minimum absolute atomic E-state index is 0.109. The van der Waals surface area contributed by atoms with Crippen LogP contribution in [0.4, 0.5) is 0 Å². The van der Waals surface area contributed by atoms with E-state index in [2.05, 4.69) is 0 Å². The fourth-order valence-electron chi connectivity index (χ4n) is 4.27. The first-order valence-corrected chi connectivity index (χ1v) is 18.8. The van der Waals surface area contributed by atoms with Crippen molar-refractivity contribution >= 4 is 30.2 Å². The van der Waals surface area contributed by atoms with Gasteiger partial charge in [0.05, 0.1) is 36.4 Å². The van der Waals surface area contributed by atoms with E-state index in [1.165, 1.54) is 12.1 Å². The molecule has 0 amide bonds. The Bertz CT molecular complexity index is 821. The zero-order chi connectivity index (χ0) is 32.1. The van der Waals surface area contributed by atoms with Crippen molar-refractivity contribution in [3.05, 3.63) is 23.3 Å². The lowest BCUT2D eigenvalue weighted by atomic mass is 10.1. The number of carbonyl (C=O) groups excluding carboxylic acids is 2. The molecule has 0 aliphatic heterocycles. The molecule has 0 saturated heterocycles. The van der Waals surface area contributed by atoms with Gasteiger partial charge in [-0.15, -0.1) is 0 Å². The molecule has 42 heavy (non-hydrogen) atoms. The second kappa shape index (κ2) is 18.2. The van der Waals surface area contributed by atoms with Crippen LogP contribution in [0.1, 0.15) is 104 Å². The van der Waals surface area contributed by atoms with E-state index in [4.69, 9.17) is 36.0 Å². The molecule has 10 nitrogen and oxygen atoms in total. The number of aldehydes is 2. The molecule has 1 rings (SSSR count). The molecule has 0 atom stereocenters. The predicted molar refractivity (Wildman–Crippen MR) is 167 cm³/mol. The Balaban J connectivity index is 3.16. The van der Waals surface area contributed by atoms with Crippen LogP contribution >= 0.6 is 0 Å². The second-order valence-corrected chi connectivity index (χ2v) is 16.9. The fourth-order valence-corrected chi connectivity index (χ4v) is 10.3. The summed E-state index contributed by atoms with van der Waals surface area (Å²) in [5, 5.41) is 0. The molecule has 0 radical (unpaired) electrons. The molecule has 0 aromatic heterocycles. The summed E-state index contributed by atoms with van der Waals surface area (Å²) in [6.45, 7) is 23.5. The Morgan fingerprint density at radius 2 is 0.738 bits per heavy atom. The molecule has 0 saturated carbocycles. The van der Waals surface area contributed by atoms with Crippen LogP contribution in [0.25, 0.3) is 0 Å². The maximum atomic E-state index is 12.0. The van der Waals surface area contributed by atoms with E-state index in [-0.39, 0.29) is 72.5 Å². The van der Waals surface area contributed by atoms with Gasteiger partial charge in [0, 0.05) is 36.6 Å². The highest BCUT2D eigenvalue weighted by Crippen LogP contribution is 2.30. The lowest BCUT2D eigenvalue weighted by Gasteiger charge is -2.34. The Labute approximate surface area is 255 Å². The first-order valence-electron chi connectivity index (χ1n) is 15.0. The molecule has 0 heterocycles. The number of ether oxygens (including phenoxy) is 2. The number of hydrogen-bond acceptors (Lipinski definition) is 10. The van der Waals surface area contributed by atoms with E-state index in [0.717, 1.165) is 0 Å². The average Bonchev–Trinajstić information content (AvgIpc) is 2.81. The normalized spacial score (nSPS) is 12.8.